The number of Topliss-reactive ketones (excluding diaryl/α,β-unsaturated/α-hetero) is 1. The van der Waals surface area contributed by atoms with Gasteiger partial charge in [0.1, 0.15) is 5.82 Å². The van der Waals surface area contributed by atoms with Gasteiger partial charge in [-0.3, -0.25) is 19.3 Å². The number of methoxy groups -OCH3 is 1. The Labute approximate surface area is 183 Å². The largest absolute Gasteiger partial charge is 0.465 e. The number of benzene rings is 2. The Kier molecular flexibility index (Phi) is 4.89. The second-order valence-electron chi connectivity index (χ2n) is 8.34. The monoisotopic (exact) mass is 436 g/mol. The minimum absolute atomic E-state index is 0.112. The summed E-state index contributed by atoms with van der Waals surface area (Å²) in [7, 11) is 1.23. The number of nitrogens with zero attached hydrogens (tertiary/aromatic N) is 2. The molecule has 3 heterocycles. The van der Waals surface area contributed by atoms with Crippen molar-refractivity contribution in [1.29, 1.82) is 0 Å². The van der Waals surface area contributed by atoms with Gasteiger partial charge < -0.3 is 4.74 Å². The lowest BCUT2D eigenvalue weighted by atomic mass is 9.85. The standard InChI is InChI=1S/C24H21FN2O5/c1-32-24(31)15-5-2-3-6-16(15)27-22(29)18-17-7-4-12-26(17)20(19(18)23(27)30)21(28)13-8-10-14(25)11-9-13/h2-3,5-6,8-11,17-20H,4,7,12H2,1H3/t17-,18+,19+,20+/m1/s1. The Hall–Kier alpha value is -3.39. The number of fused-ring (bicyclic) bond motifs is 3. The number of rotatable bonds is 4. The molecule has 0 aliphatic carbocycles. The van der Waals surface area contributed by atoms with E-state index in [0.717, 1.165) is 11.3 Å². The van der Waals surface area contributed by atoms with Crippen LogP contribution in [-0.4, -0.2) is 54.2 Å². The summed E-state index contributed by atoms with van der Waals surface area (Å²) in [6.45, 7) is 0.620. The Bertz CT molecular complexity index is 1130. The molecule has 8 heteroatoms. The van der Waals surface area contributed by atoms with E-state index in [1.807, 2.05) is 4.90 Å². The number of halogens is 1. The normalized spacial score (nSPS) is 26.9. The lowest BCUT2D eigenvalue weighted by Crippen LogP contribution is -2.46. The number of carbonyl (C=O) groups is 4. The van der Waals surface area contributed by atoms with Gasteiger partial charge in [0.05, 0.1) is 36.2 Å². The highest BCUT2D eigenvalue weighted by molar-refractivity contribution is 6.26. The van der Waals surface area contributed by atoms with Crippen LogP contribution in [0.5, 0.6) is 0 Å². The van der Waals surface area contributed by atoms with Gasteiger partial charge in [0.25, 0.3) is 0 Å². The number of ketones is 1. The summed E-state index contributed by atoms with van der Waals surface area (Å²) in [4.78, 5) is 55.8. The zero-order chi connectivity index (χ0) is 22.6. The van der Waals surface area contributed by atoms with Crippen LogP contribution in [0.2, 0.25) is 0 Å². The van der Waals surface area contributed by atoms with Crippen molar-refractivity contribution in [1.82, 2.24) is 4.90 Å². The number of hydrogen-bond donors (Lipinski definition) is 0. The van der Waals surface area contributed by atoms with Crippen molar-refractivity contribution in [3.8, 4) is 0 Å². The van der Waals surface area contributed by atoms with E-state index in [-0.39, 0.29) is 23.1 Å². The fourth-order valence-electron chi connectivity index (χ4n) is 5.49. The highest BCUT2D eigenvalue weighted by Gasteiger charge is 2.65. The number of para-hydroxylation sites is 1. The van der Waals surface area contributed by atoms with E-state index in [1.165, 1.54) is 43.5 Å². The van der Waals surface area contributed by atoms with Gasteiger partial charge in [0, 0.05) is 11.6 Å². The number of ether oxygens (including phenoxy) is 1. The molecule has 7 nitrogen and oxygen atoms in total. The SMILES string of the molecule is COC(=O)c1ccccc1N1C(=O)[C@@H]2[C@H](C1=O)[C@@H](C(=O)c1ccc(F)cc1)N1CCC[C@H]21. The molecule has 0 spiro atoms. The van der Waals surface area contributed by atoms with Crippen LogP contribution in [0.4, 0.5) is 10.1 Å². The molecule has 0 aromatic heterocycles. The van der Waals surface area contributed by atoms with Gasteiger partial charge in [0.2, 0.25) is 11.8 Å². The first-order chi connectivity index (χ1) is 15.4. The van der Waals surface area contributed by atoms with Crippen molar-refractivity contribution >= 4 is 29.3 Å². The van der Waals surface area contributed by atoms with Crippen molar-refractivity contribution in [2.45, 2.75) is 24.9 Å². The zero-order valence-electron chi connectivity index (χ0n) is 17.4. The van der Waals surface area contributed by atoms with Gasteiger partial charge in [-0.1, -0.05) is 12.1 Å². The van der Waals surface area contributed by atoms with E-state index in [2.05, 4.69) is 0 Å². The molecule has 3 fully saturated rings. The molecule has 0 bridgehead atoms. The third-order valence-electron chi connectivity index (χ3n) is 6.80. The predicted octanol–water partition coefficient (Wildman–Crippen LogP) is 2.45. The van der Waals surface area contributed by atoms with E-state index < -0.39 is 41.5 Å². The number of esters is 1. The van der Waals surface area contributed by atoms with Crippen LogP contribution in [0, 0.1) is 17.7 Å². The maximum Gasteiger partial charge on any atom is 0.339 e. The average Bonchev–Trinajstić information content (AvgIpc) is 3.45. The van der Waals surface area contributed by atoms with Gasteiger partial charge in [-0.15, -0.1) is 0 Å². The number of carbonyl (C=O) groups excluding carboxylic acids is 4. The Morgan fingerprint density at radius 3 is 2.41 bits per heavy atom. The van der Waals surface area contributed by atoms with Crippen molar-refractivity contribution in [3.63, 3.8) is 0 Å². The minimum atomic E-state index is -0.851. The Morgan fingerprint density at radius 2 is 1.69 bits per heavy atom. The number of hydrogen-bond acceptors (Lipinski definition) is 6. The molecule has 4 atom stereocenters. The Balaban J connectivity index is 1.56. The molecule has 2 aromatic carbocycles. The maximum absolute atomic E-state index is 13.6. The second-order valence-corrected chi connectivity index (χ2v) is 8.34. The van der Waals surface area contributed by atoms with E-state index in [1.54, 1.807) is 12.1 Å². The summed E-state index contributed by atoms with van der Waals surface area (Å²) < 4.78 is 18.2. The van der Waals surface area contributed by atoms with Crippen molar-refractivity contribution < 1.29 is 28.3 Å². The molecular weight excluding hydrogens is 415 g/mol. The van der Waals surface area contributed by atoms with Crippen LogP contribution in [0.1, 0.15) is 33.6 Å². The fraction of sp³-hybridized carbons (Fsp3) is 0.333. The zero-order valence-corrected chi connectivity index (χ0v) is 17.4. The number of imide groups is 1. The molecule has 0 radical (unpaired) electrons. The minimum Gasteiger partial charge on any atom is -0.465 e. The molecule has 0 unspecified atom stereocenters. The third kappa shape index (κ3) is 2.90. The fourth-order valence-corrected chi connectivity index (χ4v) is 5.49. The molecule has 5 rings (SSSR count). The van der Waals surface area contributed by atoms with E-state index in [9.17, 15) is 23.6 Å². The quantitative estimate of drug-likeness (QED) is 0.416. The third-order valence-corrected chi connectivity index (χ3v) is 6.80. The summed E-state index contributed by atoms with van der Waals surface area (Å²) in [6.07, 6.45) is 1.53. The highest BCUT2D eigenvalue weighted by Crippen LogP contribution is 2.48. The molecule has 2 aromatic rings. The highest BCUT2D eigenvalue weighted by atomic mass is 19.1. The first-order valence-electron chi connectivity index (χ1n) is 10.5. The lowest BCUT2D eigenvalue weighted by Gasteiger charge is -2.28. The molecule has 3 aliphatic rings. The van der Waals surface area contributed by atoms with Crippen molar-refractivity contribution in [2.75, 3.05) is 18.6 Å². The lowest BCUT2D eigenvalue weighted by molar-refractivity contribution is -0.123. The van der Waals surface area contributed by atoms with Gasteiger partial charge in [-0.25, -0.2) is 14.1 Å². The summed E-state index contributed by atoms with van der Waals surface area (Å²) >= 11 is 0. The maximum atomic E-state index is 13.6. The number of anilines is 1. The van der Waals surface area contributed by atoms with Gasteiger partial charge in [-0.05, 0) is 55.8 Å². The summed E-state index contributed by atoms with van der Waals surface area (Å²) in [5.74, 6) is -3.81. The Morgan fingerprint density at radius 1 is 1.00 bits per heavy atom. The molecule has 164 valence electrons. The molecule has 0 saturated carbocycles. The predicted molar refractivity (Wildman–Crippen MR) is 112 cm³/mol. The summed E-state index contributed by atoms with van der Waals surface area (Å²) in [5, 5.41) is 0. The molecular formula is C24H21FN2O5. The molecule has 2 amide bonds. The van der Waals surface area contributed by atoms with Crippen LogP contribution < -0.4 is 4.90 Å². The average molecular weight is 436 g/mol. The van der Waals surface area contributed by atoms with E-state index in [4.69, 9.17) is 4.74 Å². The summed E-state index contributed by atoms with van der Waals surface area (Å²) in [6, 6.07) is 10.5. The molecule has 32 heavy (non-hydrogen) atoms. The van der Waals surface area contributed by atoms with Crippen molar-refractivity contribution in [3.05, 3.63) is 65.5 Å². The van der Waals surface area contributed by atoms with Crippen molar-refractivity contribution in [2.24, 2.45) is 11.8 Å². The second kappa shape index (κ2) is 7.63. The summed E-state index contributed by atoms with van der Waals surface area (Å²) in [5.41, 5.74) is 0.582. The van der Waals surface area contributed by atoms with Crippen LogP contribution in [0.15, 0.2) is 48.5 Å². The van der Waals surface area contributed by atoms with Gasteiger partial charge in [0.15, 0.2) is 5.78 Å². The van der Waals surface area contributed by atoms with Crippen LogP contribution in [-0.2, 0) is 14.3 Å². The van der Waals surface area contributed by atoms with Crippen LogP contribution in [0.25, 0.3) is 0 Å². The first-order valence-corrected chi connectivity index (χ1v) is 10.5. The van der Waals surface area contributed by atoms with Crippen LogP contribution in [0.3, 0.4) is 0 Å². The molecule has 0 N–H and O–H groups in total. The van der Waals surface area contributed by atoms with Gasteiger partial charge >= 0.3 is 5.97 Å². The van der Waals surface area contributed by atoms with E-state index >= 15 is 0 Å². The molecule has 3 aliphatic heterocycles. The van der Waals surface area contributed by atoms with Gasteiger partial charge in [-0.2, -0.15) is 0 Å². The smallest absolute Gasteiger partial charge is 0.339 e. The van der Waals surface area contributed by atoms with E-state index in [0.29, 0.717) is 18.5 Å². The van der Waals surface area contributed by atoms with Crippen LogP contribution >= 0.6 is 0 Å². The number of amides is 2. The first kappa shape index (κ1) is 20.5. The molecule has 3 saturated heterocycles. The topological polar surface area (TPSA) is 84.0 Å².